The van der Waals surface area contributed by atoms with Crippen LogP contribution in [0.3, 0.4) is 0 Å². The standard InChI is InChI=1S/C36H73/c1-4-6-8-10-12-14-16-18-19-20-21-22-23-25-27-29-31-33-35-36(3)34-32-30-28-26-24-17-15-13-11-9-7-5-2/h36H,3-35H2,1-2H3. The van der Waals surface area contributed by atoms with E-state index in [1.165, 1.54) is 205 Å². The van der Waals surface area contributed by atoms with E-state index >= 15 is 0 Å². The molecule has 0 aromatic carbocycles. The lowest BCUT2D eigenvalue weighted by Gasteiger charge is -2.11. The van der Waals surface area contributed by atoms with Crippen molar-refractivity contribution in [2.45, 2.75) is 219 Å². The highest BCUT2D eigenvalue weighted by molar-refractivity contribution is 4.62. The Kier molecular flexibility index (Phi) is 33.0. The van der Waals surface area contributed by atoms with Crippen molar-refractivity contribution in [3.63, 3.8) is 0 Å². The maximum Gasteiger partial charge on any atom is -0.0414 e. The highest BCUT2D eigenvalue weighted by atomic mass is 14.1. The van der Waals surface area contributed by atoms with Crippen LogP contribution >= 0.6 is 0 Å². The summed E-state index contributed by atoms with van der Waals surface area (Å²) in [5, 5.41) is 0. The van der Waals surface area contributed by atoms with Crippen LogP contribution in [0.2, 0.25) is 0 Å². The Morgan fingerprint density at radius 3 is 0.639 bits per heavy atom. The van der Waals surface area contributed by atoms with Crippen molar-refractivity contribution in [3.8, 4) is 0 Å². The summed E-state index contributed by atoms with van der Waals surface area (Å²) in [5.74, 6) is 0.717. The zero-order chi connectivity index (χ0) is 26.2. The van der Waals surface area contributed by atoms with E-state index in [2.05, 4.69) is 20.8 Å². The fraction of sp³-hybridized carbons (Fsp3) is 0.972. The Hall–Kier alpha value is 0. The van der Waals surface area contributed by atoms with Gasteiger partial charge in [0.25, 0.3) is 0 Å². The minimum atomic E-state index is 0.717. The van der Waals surface area contributed by atoms with E-state index in [1.807, 2.05) is 0 Å². The predicted molar refractivity (Wildman–Crippen MR) is 168 cm³/mol. The first-order valence-corrected chi connectivity index (χ1v) is 17.6. The normalized spacial score (nSPS) is 12.4. The molecular weight excluding hydrogens is 432 g/mol. The topological polar surface area (TPSA) is 0 Å². The Balaban J connectivity index is 3.12. The van der Waals surface area contributed by atoms with Gasteiger partial charge in [0.05, 0.1) is 0 Å². The second-order valence-electron chi connectivity index (χ2n) is 12.3. The maximum atomic E-state index is 4.44. The van der Waals surface area contributed by atoms with Crippen LogP contribution in [-0.2, 0) is 0 Å². The summed E-state index contributed by atoms with van der Waals surface area (Å²) in [6.07, 6.45) is 46.6. The Bertz CT molecular complexity index is 359. The molecule has 0 bridgehead atoms. The van der Waals surface area contributed by atoms with Crippen LogP contribution in [0.5, 0.6) is 0 Å². The van der Waals surface area contributed by atoms with Crippen molar-refractivity contribution in [1.82, 2.24) is 0 Å². The summed E-state index contributed by atoms with van der Waals surface area (Å²) in [6.45, 7) is 9.05. The van der Waals surface area contributed by atoms with E-state index in [0.29, 0.717) is 5.92 Å². The van der Waals surface area contributed by atoms with Crippen molar-refractivity contribution in [1.29, 1.82) is 0 Å². The number of hydrogen-bond donors (Lipinski definition) is 0. The molecule has 0 heteroatoms. The smallest absolute Gasteiger partial charge is 0.0414 e. The van der Waals surface area contributed by atoms with E-state index in [1.54, 1.807) is 0 Å². The molecule has 1 radical (unpaired) electrons. The molecule has 0 fully saturated rings. The molecule has 0 saturated heterocycles. The van der Waals surface area contributed by atoms with Crippen molar-refractivity contribution < 1.29 is 0 Å². The largest absolute Gasteiger partial charge is 0.0654 e. The maximum absolute atomic E-state index is 4.44. The van der Waals surface area contributed by atoms with Crippen molar-refractivity contribution in [3.05, 3.63) is 6.92 Å². The van der Waals surface area contributed by atoms with Gasteiger partial charge in [-0.25, -0.2) is 0 Å². The molecule has 0 aromatic heterocycles. The van der Waals surface area contributed by atoms with Crippen LogP contribution in [0.1, 0.15) is 219 Å². The van der Waals surface area contributed by atoms with Gasteiger partial charge in [0, 0.05) is 0 Å². The van der Waals surface area contributed by atoms with Crippen LogP contribution < -0.4 is 0 Å². The molecule has 0 rings (SSSR count). The molecular formula is C36H73. The van der Waals surface area contributed by atoms with E-state index < -0.39 is 0 Å². The summed E-state index contributed by atoms with van der Waals surface area (Å²) in [5.41, 5.74) is 0. The zero-order valence-corrected chi connectivity index (χ0v) is 25.9. The zero-order valence-electron chi connectivity index (χ0n) is 25.9. The molecule has 0 saturated carbocycles. The molecule has 0 nitrogen and oxygen atoms in total. The van der Waals surface area contributed by atoms with E-state index in [9.17, 15) is 0 Å². The fourth-order valence-corrected chi connectivity index (χ4v) is 5.75. The van der Waals surface area contributed by atoms with Crippen molar-refractivity contribution in [2.24, 2.45) is 5.92 Å². The summed E-state index contributed by atoms with van der Waals surface area (Å²) >= 11 is 0. The Labute approximate surface area is 232 Å². The molecule has 0 N–H and O–H groups in total. The number of hydrogen-bond acceptors (Lipinski definition) is 0. The predicted octanol–water partition coefficient (Wildman–Crippen LogP) is 14.0. The molecule has 217 valence electrons. The van der Waals surface area contributed by atoms with Gasteiger partial charge in [0.15, 0.2) is 0 Å². The van der Waals surface area contributed by atoms with Gasteiger partial charge < -0.3 is 0 Å². The summed E-state index contributed by atoms with van der Waals surface area (Å²) in [6, 6.07) is 0. The quantitative estimate of drug-likeness (QED) is 0.0797. The molecule has 1 unspecified atom stereocenters. The van der Waals surface area contributed by atoms with Crippen LogP contribution in [0, 0.1) is 12.8 Å². The first kappa shape index (κ1) is 36.0. The molecule has 0 aliphatic rings. The molecule has 0 heterocycles. The lowest BCUT2D eigenvalue weighted by Crippen LogP contribution is -1.95. The van der Waals surface area contributed by atoms with Gasteiger partial charge in [-0.3, -0.25) is 0 Å². The first-order chi connectivity index (χ1) is 17.8. The fourth-order valence-electron chi connectivity index (χ4n) is 5.75. The monoisotopic (exact) mass is 506 g/mol. The van der Waals surface area contributed by atoms with E-state index in [0.717, 1.165) is 0 Å². The SMILES string of the molecule is [CH2]C(CCCCCCCCCCCCCC)CCCCCCCCCCCCCCCCCCCC. The Morgan fingerprint density at radius 1 is 0.278 bits per heavy atom. The van der Waals surface area contributed by atoms with Gasteiger partial charge in [-0.15, -0.1) is 0 Å². The number of rotatable bonds is 32. The van der Waals surface area contributed by atoms with E-state index in [-0.39, 0.29) is 0 Å². The molecule has 0 amide bonds. The van der Waals surface area contributed by atoms with Gasteiger partial charge in [0.1, 0.15) is 0 Å². The van der Waals surface area contributed by atoms with Crippen molar-refractivity contribution in [2.75, 3.05) is 0 Å². The van der Waals surface area contributed by atoms with Crippen LogP contribution in [-0.4, -0.2) is 0 Å². The molecule has 0 aromatic rings. The molecule has 0 aliphatic carbocycles. The number of unbranched alkanes of at least 4 members (excludes halogenated alkanes) is 28. The van der Waals surface area contributed by atoms with Gasteiger partial charge in [0.2, 0.25) is 0 Å². The average Bonchev–Trinajstić information content (AvgIpc) is 2.88. The summed E-state index contributed by atoms with van der Waals surface area (Å²) in [4.78, 5) is 0. The third-order valence-corrected chi connectivity index (χ3v) is 8.43. The lowest BCUT2D eigenvalue weighted by atomic mass is 9.95. The molecule has 0 aliphatic heterocycles. The van der Waals surface area contributed by atoms with Crippen molar-refractivity contribution >= 4 is 0 Å². The minimum absolute atomic E-state index is 0.717. The van der Waals surface area contributed by atoms with Gasteiger partial charge >= 0.3 is 0 Å². The second kappa shape index (κ2) is 33.0. The third-order valence-electron chi connectivity index (χ3n) is 8.43. The van der Waals surface area contributed by atoms with Gasteiger partial charge in [-0.1, -0.05) is 226 Å². The molecule has 36 heavy (non-hydrogen) atoms. The summed E-state index contributed by atoms with van der Waals surface area (Å²) in [7, 11) is 0. The summed E-state index contributed by atoms with van der Waals surface area (Å²) < 4.78 is 0. The lowest BCUT2D eigenvalue weighted by molar-refractivity contribution is 0.459. The van der Waals surface area contributed by atoms with Gasteiger partial charge in [-0.2, -0.15) is 0 Å². The third kappa shape index (κ3) is 32.0. The molecule has 0 spiro atoms. The average molecular weight is 506 g/mol. The van der Waals surface area contributed by atoms with Crippen LogP contribution in [0.15, 0.2) is 0 Å². The van der Waals surface area contributed by atoms with Gasteiger partial charge in [-0.05, 0) is 5.92 Å². The Morgan fingerprint density at radius 2 is 0.444 bits per heavy atom. The highest BCUT2D eigenvalue weighted by Gasteiger charge is 2.02. The second-order valence-corrected chi connectivity index (χ2v) is 12.3. The molecule has 1 atom stereocenters. The van der Waals surface area contributed by atoms with E-state index in [4.69, 9.17) is 0 Å². The first-order valence-electron chi connectivity index (χ1n) is 17.6. The minimum Gasteiger partial charge on any atom is -0.0654 e. The highest BCUT2D eigenvalue weighted by Crippen LogP contribution is 2.19. The van der Waals surface area contributed by atoms with Crippen LogP contribution in [0.25, 0.3) is 0 Å². The van der Waals surface area contributed by atoms with Crippen LogP contribution in [0.4, 0.5) is 0 Å².